The fourth-order valence-electron chi connectivity index (χ4n) is 4.72. The lowest BCUT2D eigenvalue weighted by atomic mass is 9.79. The quantitative estimate of drug-likeness (QED) is 0.172. The summed E-state index contributed by atoms with van der Waals surface area (Å²) in [5, 5.41) is 13.0. The van der Waals surface area contributed by atoms with E-state index in [4.69, 9.17) is 4.74 Å². The predicted molar refractivity (Wildman–Crippen MR) is 162 cm³/mol. The number of aryl methyl sites for hydroxylation is 2. The van der Waals surface area contributed by atoms with Crippen molar-refractivity contribution in [3.8, 4) is 5.88 Å². The highest BCUT2D eigenvalue weighted by Gasteiger charge is 2.34. The number of aliphatic carboxylic acids is 1. The van der Waals surface area contributed by atoms with Crippen molar-refractivity contribution in [2.24, 2.45) is 5.41 Å². The molecule has 0 spiro atoms. The second-order valence-electron chi connectivity index (χ2n) is 10.2. The minimum atomic E-state index is -0.710. The molecule has 0 unspecified atom stereocenters. The van der Waals surface area contributed by atoms with Crippen LogP contribution in [-0.2, 0) is 17.6 Å². The van der Waals surface area contributed by atoms with Crippen molar-refractivity contribution in [1.82, 2.24) is 4.98 Å². The first-order valence-corrected chi connectivity index (χ1v) is 14.4. The van der Waals surface area contributed by atoms with Crippen molar-refractivity contribution < 1.29 is 14.6 Å². The number of rotatable bonds is 17. The highest BCUT2D eigenvalue weighted by atomic mass is 16.5. The van der Waals surface area contributed by atoms with Crippen LogP contribution in [0.3, 0.4) is 0 Å². The number of carboxylic acids is 1. The Bertz CT molecular complexity index is 1180. The van der Waals surface area contributed by atoms with Crippen LogP contribution in [0.2, 0.25) is 0 Å². The third-order valence-corrected chi connectivity index (χ3v) is 7.61. The van der Waals surface area contributed by atoms with E-state index in [0.717, 1.165) is 49.0 Å². The van der Waals surface area contributed by atoms with Crippen molar-refractivity contribution >= 4 is 23.8 Å². The molecule has 0 saturated carbocycles. The lowest BCUT2D eigenvalue weighted by Crippen LogP contribution is -2.31. The number of aromatic nitrogens is 1. The first kappa shape index (κ1) is 29.9. The molecule has 2 aromatic carbocycles. The van der Waals surface area contributed by atoms with E-state index < -0.39 is 11.4 Å². The maximum absolute atomic E-state index is 11.7. The van der Waals surface area contributed by atoms with Gasteiger partial charge >= 0.3 is 5.97 Å². The maximum atomic E-state index is 11.7. The molecule has 39 heavy (non-hydrogen) atoms. The summed E-state index contributed by atoms with van der Waals surface area (Å²) in [5.74, 6) is -0.0605. The normalized spacial score (nSPS) is 11.6. The number of nitrogens with zero attached hydrogens (tertiary/aromatic N) is 1. The number of hydrogen-bond donors (Lipinski definition) is 2. The van der Waals surface area contributed by atoms with Gasteiger partial charge < -0.3 is 15.2 Å². The van der Waals surface area contributed by atoms with Gasteiger partial charge in [0.2, 0.25) is 5.88 Å². The van der Waals surface area contributed by atoms with E-state index in [-0.39, 0.29) is 0 Å². The molecule has 0 aliphatic heterocycles. The van der Waals surface area contributed by atoms with Crippen LogP contribution in [0.25, 0.3) is 12.2 Å². The monoisotopic (exact) mass is 528 g/mol. The molecule has 1 aromatic heterocycles. The number of carboxylic acid groups (broad SMARTS) is 1. The number of benzene rings is 2. The van der Waals surface area contributed by atoms with E-state index in [9.17, 15) is 9.90 Å². The van der Waals surface area contributed by atoms with Crippen LogP contribution in [0.1, 0.15) is 81.7 Å². The van der Waals surface area contributed by atoms with Crippen LogP contribution >= 0.6 is 0 Å². The minimum Gasteiger partial charge on any atom is -0.481 e. The summed E-state index contributed by atoms with van der Waals surface area (Å²) >= 11 is 0. The molecule has 2 N–H and O–H groups in total. The van der Waals surface area contributed by atoms with Gasteiger partial charge in [0.1, 0.15) is 0 Å². The number of carbonyl (C=O) groups is 1. The highest BCUT2D eigenvalue weighted by molar-refractivity contribution is 5.74. The van der Waals surface area contributed by atoms with Crippen LogP contribution in [0.4, 0.5) is 5.69 Å². The number of nitrogens with one attached hydrogen (secondary N) is 1. The molecular weight excluding hydrogens is 484 g/mol. The van der Waals surface area contributed by atoms with Crippen molar-refractivity contribution in [3.05, 3.63) is 89.1 Å². The summed E-state index contributed by atoms with van der Waals surface area (Å²) in [6.45, 7) is 7.37. The van der Waals surface area contributed by atoms with Gasteiger partial charge in [0.25, 0.3) is 0 Å². The first-order chi connectivity index (χ1) is 19.0. The summed E-state index contributed by atoms with van der Waals surface area (Å²) < 4.78 is 5.91. The van der Waals surface area contributed by atoms with Gasteiger partial charge in [0.15, 0.2) is 0 Å². The molecule has 208 valence electrons. The zero-order valence-corrected chi connectivity index (χ0v) is 23.8. The Kier molecular flexibility index (Phi) is 12.1. The second-order valence-corrected chi connectivity index (χ2v) is 10.2. The zero-order chi connectivity index (χ0) is 27.9. The molecule has 0 amide bonds. The van der Waals surface area contributed by atoms with E-state index in [2.05, 4.69) is 47.6 Å². The van der Waals surface area contributed by atoms with Crippen LogP contribution in [0.5, 0.6) is 5.88 Å². The number of hydrogen-bond acceptors (Lipinski definition) is 4. The molecule has 5 nitrogen and oxygen atoms in total. The van der Waals surface area contributed by atoms with Gasteiger partial charge in [0, 0.05) is 18.3 Å². The molecule has 0 radical (unpaired) electrons. The Labute approximate surface area is 234 Å². The van der Waals surface area contributed by atoms with Gasteiger partial charge in [-0.05, 0) is 92.3 Å². The molecule has 0 bridgehead atoms. The summed E-state index contributed by atoms with van der Waals surface area (Å²) in [7, 11) is 0. The largest absolute Gasteiger partial charge is 0.481 e. The molecule has 0 saturated heterocycles. The number of ether oxygens (including phenoxy) is 1. The first-order valence-electron chi connectivity index (χ1n) is 14.4. The zero-order valence-electron chi connectivity index (χ0n) is 23.8. The van der Waals surface area contributed by atoms with Crippen LogP contribution < -0.4 is 10.1 Å². The second kappa shape index (κ2) is 15.7. The smallest absolute Gasteiger partial charge is 0.309 e. The van der Waals surface area contributed by atoms with Crippen LogP contribution in [0.15, 0.2) is 66.7 Å². The minimum absolute atomic E-state index is 0.596. The topological polar surface area (TPSA) is 71.5 Å². The average Bonchev–Trinajstić information content (AvgIpc) is 2.97. The van der Waals surface area contributed by atoms with Crippen molar-refractivity contribution in [3.63, 3.8) is 0 Å². The fourth-order valence-corrected chi connectivity index (χ4v) is 4.72. The van der Waals surface area contributed by atoms with E-state index in [1.165, 1.54) is 11.1 Å². The van der Waals surface area contributed by atoms with Gasteiger partial charge in [-0.3, -0.25) is 4.79 Å². The number of unbranched alkanes of at least 4 members (excludes halogenated alkanes) is 2. The molecule has 3 aromatic rings. The number of pyridine rings is 1. The molecule has 0 aliphatic rings. The Balaban J connectivity index is 1.43. The van der Waals surface area contributed by atoms with E-state index in [1.54, 1.807) is 0 Å². The van der Waals surface area contributed by atoms with Crippen molar-refractivity contribution in [2.45, 2.75) is 72.1 Å². The average molecular weight is 529 g/mol. The van der Waals surface area contributed by atoms with Crippen LogP contribution in [0, 0.1) is 5.41 Å². The molecule has 3 rings (SSSR count). The van der Waals surface area contributed by atoms with Gasteiger partial charge in [0.05, 0.1) is 17.7 Å². The SMILES string of the molecule is CCc1ccc(CCCCCOc2cccc(C=Cc3cccc(NCCC(CC)(CC)C(=O)O)c3)n2)cc1. The van der Waals surface area contributed by atoms with Gasteiger partial charge in [-0.2, -0.15) is 0 Å². The fraction of sp³-hybridized carbons (Fsp3) is 0.412. The number of anilines is 1. The molecule has 1 heterocycles. The summed E-state index contributed by atoms with van der Waals surface area (Å²) in [6.07, 6.45) is 11.4. The van der Waals surface area contributed by atoms with E-state index >= 15 is 0 Å². The van der Waals surface area contributed by atoms with E-state index in [0.29, 0.717) is 38.3 Å². The Morgan fingerprint density at radius 1 is 0.923 bits per heavy atom. The Hall–Kier alpha value is -3.60. The highest BCUT2D eigenvalue weighted by Crippen LogP contribution is 2.31. The van der Waals surface area contributed by atoms with Crippen molar-refractivity contribution in [1.29, 1.82) is 0 Å². The van der Waals surface area contributed by atoms with E-state index in [1.807, 2.05) is 62.4 Å². The third-order valence-electron chi connectivity index (χ3n) is 7.61. The van der Waals surface area contributed by atoms with Crippen molar-refractivity contribution in [2.75, 3.05) is 18.5 Å². The predicted octanol–water partition coefficient (Wildman–Crippen LogP) is 8.30. The molecule has 5 heteroatoms. The van der Waals surface area contributed by atoms with Gasteiger partial charge in [-0.1, -0.05) is 69.3 Å². The molecular formula is C34H44N2O3. The van der Waals surface area contributed by atoms with Gasteiger partial charge in [-0.15, -0.1) is 0 Å². The van der Waals surface area contributed by atoms with Crippen LogP contribution in [-0.4, -0.2) is 29.2 Å². The molecule has 0 atom stereocenters. The Morgan fingerprint density at radius 2 is 1.67 bits per heavy atom. The molecule has 0 fully saturated rings. The standard InChI is InChI=1S/C34H44N2O3/c1-4-27-17-19-28(20-18-27)12-8-7-9-25-39-32-16-11-14-30(36-32)22-21-29-13-10-15-31(26-29)35-24-23-34(5-2,6-3)33(37)38/h10-11,13-22,26,35H,4-9,12,23-25H2,1-3H3,(H,37,38). The Morgan fingerprint density at radius 3 is 2.38 bits per heavy atom. The summed E-state index contributed by atoms with van der Waals surface area (Å²) in [4.78, 5) is 16.4. The summed E-state index contributed by atoms with van der Waals surface area (Å²) in [6, 6.07) is 22.9. The third kappa shape index (κ3) is 9.58. The van der Waals surface area contributed by atoms with Gasteiger partial charge in [-0.25, -0.2) is 4.98 Å². The lowest BCUT2D eigenvalue weighted by Gasteiger charge is -2.26. The molecule has 0 aliphatic carbocycles. The maximum Gasteiger partial charge on any atom is 0.309 e. The summed E-state index contributed by atoms with van der Waals surface area (Å²) in [5.41, 5.74) is 5.01. The lowest BCUT2D eigenvalue weighted by molar-refractivity contribution is -0.149.